The van der Waals surface area contributed by atoms with E-state index in [2.05, 4.69) is 10.3 Å². The van der Waals surface area contributed by atoms with Crippen LogP contribution in [0.5, 0.6) is 11.5 Å². The van der Waals surface area contributed by atoms with Crippen molar-refractivity contribution in [1.82, 2.24) is 10.3 Å². The molecule has 1 N–H and O–H groups in total. The van der Waals surface area contributed by atoms with E-state index in [1.165, 1.54) is 0 Å². The number of aromatic nitrogens is 1. The van der Waals surface area contributed by atoms with Gasteiger partial charge in [0.15, 0.2) is 0 Å². The van der Waals surface area contributed by atoms with Gasteiger partial charge >= 0.3 is 0 Å². The van der Waals surface area contributed by atoms with Crippen molar-refractivity contribution in [3.8, 4) is 11.5 Å². The average Bonchev–Trinajstić information content (AvgIpc) is 2.85. The predicted molar refractivity (Wildman–Crippen MR) is 71.4 cm³/mol. The molecule has 1 heterocycles. The topological polar surface area (TPSA) is 56.5 Å². The van der Waals surface area contributed by atoms with E-state index in [1.54, 1.807) is 13.3 Å². The highest BCUT2D eigenvalue weighted by atomic mass is 16.5. The maximum absolute atomic E-state index is 5.58. The number of benzene rings is 1. The monoisotopic (exact) mass is 262 g/mol. The Morgan fingerprint density at radius 2 is 1.95 bits per heavy atom. The number of hydrogen-bond acceptors (Lipinski definition) is 5. The molecule has 0 fully saturated rings. The van der Waals surface area contributed by atoms with Crippen LogP contribution in [-0.2, 0) is 6.54 Å². The maximum Gasteiger partial charge on any atom is 0.208 e. The number of oxazole rings is 1. The van der Waals surface area contributed by atoms with Gasteiger partial charge in [-0.2, -0.15) is 0 Å². The quantitative estimate of drug-likeness (QED) is 0.775. The molecule has 102 valence electrons. The van der Waals surface area contributed by atoms with E-state index >= 15 is 0 Å². The molecule has 0 saturated carbocycles. The van der Waals surface area contributed by atoms with E-state index in [0.717, 1.165) is 23.8 Å². The minimum Gasteiger partial charge on any atom is -0.497 e. The van der Waals surface area contributed by atoms with Gasteiger partial charge in [0.05, 0.1) is 19.9 Å². The molecule has 19 heavy (non-hydrogen) atoms. The number of ether oxygens (including phenoxy) is 2. The van der Waals surface area contributed by atoms with Gasteiger partial charge in [-0.15, -0.1) is 0 Å². The van der Waals surface area contributed by atoms with Crippen LogP contribution in [0, 0.1) is 6.92 Å². The van der Waals surface area contributed by atoms with Crippen molar-refractivity contribution < 1.29 is 13.9 Å². The Labute approximate surface area is 112 Å². The summed E-state index contributed by atoms with van der Waals surface area (Å²) in [5.74, 6) is 3.17. The molecule has 0 bridgehead atoms. The Balaban J connectivity index is 1.63. The van der Waals surface area contributed by atoms with Crippen molar-refractivity contribution in [2.24, 2.45) is 0 Å². The molecular formula is C14H18N2O3. The standard InChI is InChI=1S/C14H18N2O3/c1-11-9-16-14(19-11)10-15-7-8-18-13-5-3-12(17-2)4-6-13/h3-6,9,15H,7-8,10H2,1-2H3. The van der Waals surface area contributed by atoms with Gasteiger partial charge in [-0.1, -0.05) is 0 Å². The molecule has 0 radical (unpaired) electrons. The summed E-state index contributed by atoms with van der Waals surface area (Å²) in [7, 11) is 1.64. The highest BCUT2D eigenvalue weighted by molar-refractivity contribution is 5.31. The molecule has 0 saturated heterocycles. The first-order valence-corrected chi connectivity index (χ1v) is 6.17. The summed E-state index contributed by atoms with van der Waals surface area (Å²) in [6.07, 6.45) is 1.71. The van der Waals surface area contributed by atoms with Crippen LogP contribution in [0.15, 0.2) is 34.9 Å². The molecule has 1 aromatic carbocycles. The molecular weight excluding hydrogens is 244 g/mol. The van der Waals surface area contributed by atoms with Crippen LogP contribution in [0.2, 0.25) is 0 Å². The highest BCUT2D eigenvalue weighted by Gasteiger charge is 1.99. The second-order valence-electron chi connectivity index (χ2n) is 4.07. The summed E-state index contributed by atoms with van der Waals surface area (Å²) in [6.45, 7) is 3.81. The molecule has 0 aliphatic heterocycles. The molecule has 2 aromatic rings. The van der Waals surface area contributed by atoms with Crippen LogP contribution in [-0.4, -0.2) is 25.2 Å². The first-order chi connectivity index (χ1) is 9.28. The van der Waals surface area contributed by atoms with Crippen LogP contribution >= 0.6 is 0 Å². The Bertz CT molecular complexity index is 494. The minimum absolute atomic E-state index is 0.589. The number of nitrogens with zero attached hydrogens (tertiary/aromatic N) is 1. The zero-order chi connectivity index (χ0) is 13.5. The summed E-state index contributed by atoms with van der Waals surface area (Å²) >= 11 is 0. The van der Waals surface area contributed by atoms with Crippen LogP contribution in [0.4, 0.5) is 0 Å². The van der Waals surface area contributed by atoms with Crippen LogP contribution in [0.25, 0.3) is 0 Å². The highest BCUT2D eigenvalue weighted by Crippen LogP contribution is 2.16. The third-order valence-corrected chi connectivity index (χ3v) is 2.55. The lowest BCUT2D eigenvalue weighted by Gasteiger charge is -2.07. The first kappa shape index (κ1) is 13.4. The fraction of sp³-hybridized carbons (Fsp3) is 0.357. The van der Waals surface area contributed by atoms with Crippen LogP contribution in [0.3, 0.4) is 0 Å². The van der Waals surface area contributed by atoms with Crippen LogP contribution in [0.1, 0.15) is 11.7 Å². The number of methoxy groups -OCH3 is 1. The van der Waals surface area contributed by atoms with Crippen molar-refractivity contribution >= 4 is 0 Å². The molecule has 0 aliphatic carbocycles. The minimum atomic E-state index is 0.589. The summed E-state index contributed by atoms with van der Waals surface area (Å²) < 4.78 is 16.0. The van der Waals surface area contributed by atoms with E-state index in [1.807, 2.05) is 31.2 Å². The van der Waals surface area contributed by atoms with Gasteiger partial charge in [-0.05, 0) is 31.2 Å². The first-order valence-electron chi connectivity index (χ1n) is 6.17. The summed E-state index contributed by atoms with van der Waals surface area (Å²) in [4.78, 5) is 4.11. The number of rotatable bonds is 7. The Morgan fingerprint density at radius 1 is 1.21 bits per heavy atom. The Kier molecular flexibility index (Phi) is 4.80. The number of nitrogens with one attached hydrogen (secondary N) is 1. The molecule has 2 rings (SSSR count). The maximum atomic E-state index is 5.58. The third-order valence-electron chi connectivity index (χ3n) is 2.55. The molecule has 0 aliphatic rings. The van der Waals surface area contributed by atoms with Crippen molar-refractivity contribution in [2.75, 3.05) is 20.3 Å². The van der Waals surface area contributed by atoms with E-state index < -0.39 is 0 Å². The SMILES string of the molecule is COc1ccc(OCCNCc2ncc(C)o2)cc1. The lowest BCUT2D eigenvalue weighted by Crippen LogP contribution is -2.20. The van der Waals surface area contributed by atoms with Crippen LogP contribution < -0.4 is 14.8 Å². The molecule has 0 amide bonds. The normalized spacial score (nSPS) is 10.4. The molecule has 0 unspecified atom stereocenters. The average molecular weight is 262 g/mol. The lowest BCUT2D eigenvalue weighted by atomic mass is 10.3. The van der Waals surface area contributed by atoms with Crippen molar-refractivity contribution in [2.45, 2.75) is 13.5 Å². The summed E-state index contributed by atoms with van der Waals surface area (Å²) in [5, 5.41) is 3.20. The van der Waals surface area contributed by atoms with Crippen molar-refractivity contribution in [1.29, 1.82) is 0 Å². The third kappa shape index (κ3) is 4.30. The molecule has 5 nitrogen and oxygen atoms in total. The molecule has 0 atom stereocenters. The van der Waals surface area contributed by atoms with Gasteiger partial charge in [0.25, 0.3) is 0 Å². The van der Waals surface area contributed by atoms with Gasteiger partial charge in [-0.25, -0.2) is 4.98 Å². The molecule has 1 aromatic heterocycles. The van der Waals surface area contributed by atoms with E-state index in [-0.39, 0.29) is 0 Å². The fourth-order valence-corrected chi connectivity index (χ4v) is 1.59. The number of hydrogen-bond donors (Lipinski definition) is 1. The van der Waals surface area contributed by atoms with Crippen molar-refractivity contribution in [3.05, 3.63) is 42.1 Å². The smallest absolute Gasteiger partial charge is 0.208 e. The largest absolute Gasteiger partial charge is 0.497 e. The second kappa shape index (κ2) is 6.80. The van der Waals surface area contributed by atoms with Crippen molar-refractivity contribution in [3.63, 3.8) is 0 Å². The summed E-state index contributed by atoms with van der Waals surface area (Å²) in [6, 6.07) is 7.52. The van der Waals surface area contributed by atoms with Gasteiger partial charge in [0, 0.05) is 6.54 Å². The van der Waals surface area contributed by atoms with E-state index in [0.29, 0.717) is 19.0 Å². The Morgan fingerprint density at radius 3 is 2.58 bits per heavy atom. The zero-order valence-corrected chi connectivity index (χ0v) is 11.2. The van der Waals surface area contributed by atoms with Gasteiger partial charge in [0.2, 0.25) is 5.89 Å². The predicted octanol–water partition coefficient (Wildman–Crippen LogP) is 2.16. The molecule has 5 heteroatoms. The number of aryl methyl sites for hydroxylation is 1. The van der Waals surface area contributed by atoms with E-state index in [9.17, 15) is 0 Å². The Hall–Kier alpha value is -2.01. The van der Waals surface area contributed by atoms with Gasteiger partial charge in [0.1, 0.15) is 23.9 Å². The summed E-state index contributed by atoms with van der Waals surface area (Å²) in [5.41, 5.74) is 0. The zero-order valence-electron chi connectivity index (χ0n) is 11.2. The fourth-order valence-electron chi connectivity index (χ4n) is 1.59. The van der Waals surface area contributed by atoms with Gasteiger partial charge in [-0.3, -0.25) is 0 Å². The van der Waals surface area contributed by atoms with Gasteiger partial charge < -0.3 is 19.2 Å². The van der Waals surface area contributed by atoms with E-state index in [4.69, 9.17) is 13.9 Å². The molecule has 0 spiro atoms. The second-order valence-corrected chi connectivity index (χ2v) is 4.07. The lowest BCUT2D eigenvalue weighted by molar-refractivity contribution is 0.309.